The summed E-state index contributed by atoms with van der Waals surface area (Å²) in [5.74, 6) is -0.741. The zero-order chi connectivity index (χ0) is 22.7. The normalized spacial score (nSPS) is 12.4. The first-order valence-electron chi connectivity index (χ1n) is 10.6. The zero-order valence-electron chi connectivity index (χ0n) is 18.3. The minimum Gasteiger partial charge on any atom is -0.481 e. The van der Waals surface area contributed by atoms with E-state index in [0.717, 1.165) is 38.5 Å². The third-order valence-corrected chi connectivity index (χ3v) is 3.54. The molecule has 0 aromatic heterocycles. The molecule has 0 atom stereocenters. The molecule has 0 heterocycles. The van der Waals surface area contributed by atoms with Gasteiger partial charge in [0.25, 0.3) is 0 Å². The lowest BCUT2D eigenvalue weighted by atomic mass is 10.2. The summed E-state index contributed by atoms with van der Waals surface area (Å²) in [4.78, 5) is 10.3. The predicted molar refractivity (Wildman–Crippen MR) is 125 cm³/mol. The summed E-state index contributed by atoms with van der Waals surface area (Å²) in [6, 6.07) is 0. The Morgan fingerprint density at radius 3 is 1.27 bits per heavy atom. The SMILES string of the molecule is CC/C=C\C/C=C\C/C=C\C/C=C\C/C=C\C/C=C\CCC(=O)O.OCC(O)CO. The average molecular weight is 421 g/mol. The highest BCUT2D eigenvalue weighted by Crippen LogP contribution is 1.97. The maximum atomic E-state index is 10.3. The summed E-state index contributed by atoms with van der Waals surface area (Å²) in [5.41, 5.74) is 0. The minimum atomic E-state index is -0.954. The van der Waals surface area contributed by atoms with Gasteiger partial charge in [0.15, 0.2) is 0 Å². The molecular formula is C25H40O5. The van der Waals surface area contributed by atoms with E-state index in [4.69, 9.17) is 20.4 Å². The van der Waals surface area contributed by atoms with Gasteiger partial charge in [-0.25, -0.2) is 0 Å². The molecule has 0 aliphatic heterocycles. The number of carboxylic acids is 1. The quantitative estimate of drug-likeness (QED) is 0.267. The van der Waals surface area contributed by atoms with Crippen molar-refractivity contribution in [1.82, 2.24) is 0 Å². The number of carbonyl (C=O) groups is 1. The van der Waals surface area contributed by atoms with Gasteiger partial charge < -0.3 is 20.4 Å². The van der Waals surface area contributed by atoms with Crippen LogP contribution in [0.2, 0.25) is 0 Å². The lowest BCUT2D eigenvalue weighted by Gasteiger charge is -1.96. The molecule has 0 saturated carbocycles. The first-order chi connectivity index (χ1) is 14.6. The van der Waals surface area contributed by atoms with E-state index in [2.05, 4.69) is 67.7 Å². The maximum Gasteiger partial charge on any atom is 0.303 e. The van der Waals surface area contributed by atoms with Gasteiger partial charge in [0.05, 0.1) is 13.2 Å². The number of rotatable bonds is 16. The molecule has 4 N–H and O–H groups in total. The highest BCUT2D eigenvalue weighted by molar-refractivity contribution is 5.66. The van der Waals surface area contributed by atoms with Crippen molar-refractivity contribution in [2.75, 3.05) is 13.2 Å². The van der Waals surface area contributed by atoms with E-state index in [1.807, 2.05) is 12.2 Å². The molecule has 0 saturated heterocycles. The molecule has 0 aliphatic rings. The van der Waals surface area contributed by atoms with Crippen LogP contribution in [0.5, 0.6) is 0 Å². The average Bonchev–Trinajstić information content (AvgIpc) is 2.75. The van der Waals surface area contributed by atoms with Gasteiger partial charge in [-0.05, 0) is 44.9 Å². The molecule has 5 heteroatoms. The van der Waals surface area contributed by atoms with E-state index in [-0.39, 0.29) is 19.6 Å². The lowest BCUT2D eigenvalue weighted by molar-refractivity contribution is -0.136. The van der Waals surface area contributed by atoms with Gasteiger partial charge >= 0.3 is 5.97 Å². The van der Waals surface area contributed by atoms with Crippen LogP contribution < -0.4 is 0 Å². The first-order valence-corrected chi connectivity index (χ1v) is 10.6. The smallest absolute Gasteiger partial charge is 0.303 e. The fraction of sp³-hybridized carbons (Fsp3) is 0.480. The molecule has 170 valence electrons. The molecule has 0 aromatic carbocycles. The summed E-state index contributed by atoms with van der Waals surface area (Å²) in [7, 11) is 0. The second-order valence-electron chi connectivity index (χ2n) is 6.37. The van der Waals surface area contributed by atoms with E-state index in [0.29, 0.717) is 6.42 Å². The van der Waals surface area contributed by atoms with Gasteiger partial charge in [-0.1, -0.05) is 79.8 Å². The van der Waals surface area contributed by atoms with Gasteiger partial charge in [0.1, 0.15) is 6.10 Å². The molecule has 0 rings (SSSR count). The summed E-state index contributed by atoms with van der Waals surface area (Å²) in [6.07, 6.45) is 31.5. The van der Waals surface area contributed by atoms with Crippen LogP contribution in [-0.2, 0) is 4.79 Å². The second-order valence-corrected chi connectivity index (χ2v) is 6.37. The Hall–Kier alpha value is -2.21. The fourth-order valence-corrected chi connectivity index (χ4v) is 1.90. The number of hydrogen-bond acceptors (Lipinski definition) is 4. The van der Waals surface area contributed by atoms with E-state index in [1.165, 1.54) is 0 Å². The van der Waals surface area contributed by atoms with Crippen LogP contribution in [-0.4, -0.2) is 45.7 Å². The Morgan fingerprint density at radius 2 is 1.00 bits per heavy atom. The van der Waals surface area contributed by atoms with Crippen molar-refractivity contribution in [2.45, 2.75) is 64.4 Å². The molecule has 0 spiro atoms. The van der Waals surface area contributed by atoms with E-state index >= 15 is 0 Å². The predicted octanol–water partition coefficient (Wildman–Crippen LogP) is 4.88. The zero-order valence-corrected chi connectivity index (χ0v) is 18.3. The lowest BCUT2D eigenvalue weighted by Crippen LogP contribution is -2.15. The number of aliphatic hydroxyl groups excluding tert-OH is 3. The molecule has 30 heavy (non-hydrogen) atoms. The summed E-state index contributed by atoms with van der Waals surface area (Å²) >= 11 is 0. The Balaban J connectivity index is 0. The molecule has 0 radical (unpaired) electrons. The first kappa shape index (κ1) is 30.0. The monoisotopic (exact) mass is 420 g/mol. The van der Waals surface area contributed by atoms with Crippen molar-refractivity contribution in [3.8, 4) is 0 Å². The van der Waals surface area contributed by atoms with Crippen molar-refractivity contribution >= 4 is 5.97 Å². The standard InChI is InChI=1S/C22H32O2.C3H8O3/c1-2-3-4-5-6-7-8-9-10-11-12-13-14-15-16-17-18-19-20-21-22(23)24;4-1-3(6)2-5/h3-4,6-7,9-10,12-13,15-16,18-19H,2,5,8,11,14,17,20-21H2,1H3,(H,23,24);3-6H,1-2H2/b4-3-,7-6-,10-9-,13-12-,16-15-,19-18-;. The molecule has 0 unspecified atom stereocenters. The summed E-state index contributed by atoms with van der Waals surface area (Å²) < 4.78 is 0. The van der Waals surface area contributed by atoms with Crippen LogP contribution in [0, 0.1) is 0 Å². The van der Waals surface area contributed by atoms with Gasteiger partial charge in [0.2, 0.25) is 0 Å². The third-order valence-electron chi connectivity index (χ3n) is 3.54. The summed E-state index contributed by atoms with van der Waals surface area (Å²) in [6.45, 7) is 1.42. The highest BCUT2D eigenvalue weighted by atomic mass is 16.4. The van der Waals surface area contributed by atoms with Crippen LogP contribution in [0.1, 0.15) is 58.3 Å². The van der Waals surface area contributed by atoms with Gasteiger partial charge in [-0.15, -0.1) is 0 Å². The highest BCUT2D eigenvalue weighted by Gasteiger charge is 1.93. The second kappa shape index (κ2) is 26.8. The third kappa shape index (κ3) is 30.5. The molecule has 5 nitrogen and oxygen atoms in total. The van der Waals surface area contributed by atoms with E-state index < -0.39 is 12.1 Å². The molecule has 0 bridgehead atoms. The Morgan fingerprint density at radius 1 is 0.667 bits per heavy atom. The molecule has 0 aliphatic carbocycles. The van der Waals surface area contributed by atoms with Crippen LogP contribution in [0.25, 0.3) is 0 Å². The minimum absolute atomic E-state index is 0.210. The number of hydrogen-bond donors (Lipinski definition) is 4. The maximum absolute atomic E-state index is 10.3. The van der Waals surface area contributed by atoms with Gasteiger partial charge in [0, 0.05) is 6.42 Å². The van der Waals surface area contributed by atoms with Gasteiger partial charge in [-0.2, -0.15) is 0 Å². The van der Waals surface area contributed by atoms with Crippen molar-refractivity contribution in [2.24, 2.45) is 0 Å². The molecule has 0 amide bonds. The number of allylic oxidation sites excluding steroid dienone is 12. The van der Waals surface area contributed by atoms with Crippen molar-refractivity contribution in [3.05, 3.63) is 72.9 Å². The summed E-state index contributed by atoms with van der Waals surface area (Å²) in [5, 5.41) is 32.5. The number of aliphatic carboxylic acids is 1. The fourth-order valence-electron chi connectivity index (χ4n) is 1.90. The van der Waals surface area contributed by atoms with Gasteiger partial charge in [-0.3, -0.25) is 4.79 Å². The van der Waals surface area contributed by atoms with E-state index in [1.54, 1.807) is 0 Å². The molecule has 0 fully saturated rings. The van der Waals surface area contributed by atoms with Crippen LogP contribution in [0.4, 0.5) is 0 Å². The van der Waals surface area contributed by atoms with Crippen molar-refractivity contribution in [3.63, 3.8) is 0 Å². The van der Waals surface area contributed by atoms with Crippen LogP contribution >= 0.6 is 0 Å². The Labute approximate surface area is 182 Å². The number of aliphatic hydroxyl groups is 3. The van der Waals surface area contributed by atoms with Crippen molar-refractivity contribution < 1.29 is 25.2 Å². The number of carboxylic acid groups (broad SMARTS) is 1. The largest absolute Gasteiger partial charge is 0.481 e. The van der Waals surface area contributed by atoms with E-state index in [9.17, 15) is 4.79 Å². The van der Waals surface area contributed by atoms with Crippen LogP contribution in [0.15, 0.2) is 72.9 Å². The Bertz CT molecular complexity index is 538. The molecular weight excluding hydrogens is 380 g/mol. The molecule has 0 aromatic rings. The topological polar surface area (TPSA) is 98.0 Å². The van der Waals surface area contributed by atoms with Crippen molar-refractivity contribution in [1.29, 1.82) is 0 Å². The van der Waals surface area contributed by atoms with Crippen LogP contribution in [0.3, 0.4) is 0 Å². The Kier molecular flexibility index (Phi) is 26.8.